The van der Waals surface area contributed by atoms with Crippen molar-refractivity contribution in [3.05, 3.63) is 70.2 Å². The second-order valence-electron chi connectivity index (χ2n) is 6.36. The molecular weight excluding hydrogens is 380 g/mol. The molecule has 1 atom stereocenters. The topological polar surface area (TPSA) is 49.4 Å². The van der Waals surface area contributed by atoms with Crippen molar-refractivity contribution in [1.29, 1.82) is 0 Å². The van der Waals surface area contributed by atoms with Gasteiger partial charge in [0, 0.05) is 24.4 Å². The van der Waals surface area contributed by atoms with Gasteiger partial charge in [-0.1, -0.05) is 48.0 Å². The van der Waals surface area contributed by atoms with Crippen LogP contribution in [0.25, 0.3) is 0 Å². The highest BCUT2D eigenvalue weighted by molar-refractivity contribution is 7.99. The predicted molar refractivity (Wildman–Crippen MR) is 113 cm³/mol. The van der Waals surface area contributed by atoms with Gasteiger partial charge in [-0.25, -0.2) is 0 Å². The Bertz CT molecular complexity index is 780. The highest BCUT2D eigenvalue weighted by Crippen LogP contribution is 2.18. The van der Waals surface area contributed by atoms with Gasteiger partial charge in [0.05, 0.1) is 5.75 Å². The molecule has 0 bridgehead atoms. The molecular formula is C21H25ClN2O2S. The summed E-state index contributed by atoms with van der Waals surface area (Å²) in [4.78, 5) is 26.7. The van der Waals surface area contributed by atoms with Crippen LogP contribution in [0, 0.1) is 6.92 Å². The van der Waals surface area contributed by atoms with Crippen LogP contribution in [0.1, 0.15) is 23.6 Å². The molecule has 27 heavy (non-hydrogen) atoms. The summed E-state index contributed by atoms with van der Waals surface area (Å²) in [5.41, 5.74) is 3.26. The van der Waals surface area contributed by atoms with E-state index < -0.39 is 6.04 Å². The first-order valence-electron chi connectivity index (χ1n) is 8.80. The van der Waals surface area contributed by atoms with Gasteiger partial charge in [-0.3, -0.25) is 9.59 Å². The van der Waals surface area contributed by atoms with Gasteiger partial charge < -0.3 is 10.2 Å². The Morgan fingerprint density at radius 3 is 2.44 bits per heavy atom. The van der Waals surface area contributed by atoms with Crippen molar-refractivity contribution in [2.45, 2.75) is 32.2 Å². The van der Waals surface area contributed by atoms with Crippen LogP contribution in [0.5, 0.6) is 0 Å². The molecule has 0 saturated carbocycles. The normalized spacial score (nSPS) is 11.7. The lowest BCUT2D eigenvalue weighted by molar-refractivity contribution is -0.138. The van der Waals surface area contributed by atoms with Gasteiger partial charge in [0.15, 0.2) is 0 Å². The van der Waals surface area contributed by atoms with E-state index in [1.807, 2.05) is 55.5 Å². The number of hydrogen-bond donors (Lipinski definition) is 1. The summed E-state index contributed by atoms with van der Waals surface area (Å²) in [5.74, 6) is 0.818. The molecule has 0 saturated heterocycles. The highest BCUT2D eigenvalue weighted by atomic mass is 35.5. The first-order chi connectivity index (χ1) is 12.9. The number of carbonyl (C=O) groups excluding carboxylic acids is 2. The number of nitrogens with zero attached hydrogens (tertiary/aromatic N) is 1. The fourth-order valence-corrected chi connectivity index (χ4v) is 3.68. The summed E-state index contributed by atoms with van der Waals surface area (Å²) < 4.78 is 0. The zero-order chi connectivity index (χ0) is 19.8. The largest absolute Gasteiger partial charge is 0.357 e. The van der Waals surface area contributed by atoms with Gasteiger partial charge in [-0.2, -0.15) is 0 Å². The third kappa shape index (κ3) is 6.29. The second-order valence-corrected chi connectivity index (χ2v) is 7.78. The number of benzene rings is 2. The molecule has 0 aromatic heterocycles. The minimum atomic E-state index is -0.529. The van der Waals surface area contributed by atoms with E-state index in [0.717, 1.165) is 22.4 Å². The average molecular weight is 405 g/mol. The molecule has 0 fully saturated rings. The first kappa shape index (κ1) is 21.3. The second kappa shape index (κ2) is 10.4. The molecule has 2 aromatic rings. The number of aryl methyl sites for hydroxylation is 1. The van der Waals surface area contributed by atoms with Crippen molar-refractivity contribution in [1.82, 2.24) is 10.2 Å². The zero-order valence-corrected chi connectivity index (χ0v) is 17.4. The van der Waals surface area contributed by atoms with Gasteiger partial charge in [0.2, 0.25) is 11.8 Å². The standard InChI is InChI=1S/C21H25ClN2O2S/c1-15-6-4-5-7-18(15)12-24(16(2)21(26)23-3)20(25)14-27-13-17-8-10-19(22)11-9-17/h4-11,16H,12-14H2,1-3H3,(H,23,26). The van der Waals surface area contributed by atoms with E-state index in [1.165, 1.54) is 11.8 Å². The molecule has 0 aliphatic carbocycles. The SMILES string of the molecule is CNC(=O)C(C)N(Cc1ccccc1C)C(=O)CSCc1ccc(Cl)cc1. The minimum Gasteiger partial charge on any atom is -0.357 e. The van der Waals surface area contributed by atoms with Crippen LogP contribution < -0.4 is 5.32 Å². The molecule has 0 heterocycles. The maximum Gasteiger partial charge on any atom is 0.242 e. The Hall–Kier alpha value is -1.98. The number of nitrogens with one attached hydrogen (secondary N) is 1. The predicted octanol–water partition coefficient (Wildman–Crippen LogP) is 4.04. The monoisotopic (exact) mass is 404 g/mol. The van der Waals surface area contributed by atoms with Crippen molar-refractivity contribution in [2.75, 3.05) is 12.8 Å². The number of rotatable bonds is 8. The lowest BCUT2D eigenvalue weighted by atomic mass is 10.1. The van der Waals surface area contributed by atoms with E-state index in [0.29, 0.717) is 17.3 Å². The molecule has 0 radical (unpaired) electrons. The van der Waals surface area contributed by atoms with Crippen molar-refractivity contribution in [2.24, 2.45) is 0 Å². The first-order valence-corrected chi connectivity index (χ1v) is 10.3. The summed E-state index contributed by atoms with van der Waals surface area (Å²) in [5, 5.41) is 3.33. The van der Waals surface area contributed by atoms with E-state index in [2.05, 4.69) is 5.32 Å². The Balaban J connectivity index is 2.04. The molecule has 2 aromatic carbocycles. The molecule has 144 valence electrons. The van der Waals surface area contributed by atoms with E-state index >= 15 is 0 Å². The van der Waals surface area contributed by atoms with E-state index in [-0.39, 0.29) is 11.8 Å². The van der Waals surface area contributed by atoms with Gasteiger partial charge in [0.1, 0.15) is 6.04 Å². The number of hydrogen-bond acceptors (Lipinski definition) is 3. The fourth-order valence-electron chi connectivity index (χ4n) is 2.68. The van der Waals surface area contributed by atoms with Crippen molar-refractivity contribution in [3.8, 4) is 0 Å². The quantitative estimate of drug-likeness (QED) is 0.722. The summed E-state index contributed by atoms with van der Waals surface area (Å²) in [6, 6.07) is 15.0. The number of likely N-dealkylation sites (N-methyl/N-ethyl adjacent to an activating group) is 1. The molecule has 2 rings (SSSR count). The van der Waals surface area contributed by atoms with Gasteiger partial charge in [0.25, 0.3) is 0 Å². The number of amides is 2. The Kier molecular flexibility index (Phi) is 8.20. The lowest BCUT2D eigenvalue weighted by Gasteiger charge is -2.29. The minimum absolute atomic E-state index is 0.0479. The van der Waals surface area contributed by atoms with Crippen LogP contribution >= 0.6 is 23.4 Å². The summed E-state index contributed by atoms with van der Waals surface area (Å²) in [6.45, 7) is 4.19. The maximum absolute atomic E-state index is 12.9. The van der Waals surface area contributed by atoms with E-state index in [1.54, 1.807) is 18.9 Å². The molecule has 0 spiro atoms. The Morgan fingerprint density at radius 1 is 1.15 bits per heavy atom. The molecule has 0 aliphatic heterocycles. The fraction of sp³-hybridized carbons (Fsp3) is 0.333. The molecule has 0 aliphatic rings. The van der Waals surface area contributed by atoms with Crippen molar-refractivity contribution < 1.29 is 9.59 Å². The van der Waals surface area contributed by atoms with Crippen LogP contribution in [-0.4, -0.2) is 35.6 Å². The van der Waals surface area contributed by atoms with E-state index in [4.69, 9.17) is 11.6 Å². The molecule has 4 nitrogen and oxygen atoms in total. The Morgan fingerprint density at radius 2 is 1.81 bits per heavy atom. The summed E-state index contributed by atoms with van der Waals surface area (Å²) in [6.07, 6.45) is 0. The number of carbonyl (C=O) groups is 2. The summed E-state index contributed by atoms with van der Waals surface area (Å²) >= 11 is 7.43. The lowest BCUT2D eigenvalue weighted by Crippen LogP contribution is -2.47. The number of thioether (sulfide) groups is 1. The van der Waals surface area contributed by atoms with Crippen LogP contribution in [0.3, 0.4) is 0 Å². The molecule has 1 unspecified atom stereocenters. The van der Waals surface area contributed by atoms with Gasteiger partial charge in [-0.15, -0.1) is 11.8 Å². The third-order valence-electron chi connectivity index (χ3n) is 4.42. The third-order valence-corrected chi connectivity index (χ3v) is 5.66. The van der Waals surface area contributed by atoms with Crippen LogP contribution in [0.2, 0.25) is 5.02 Å². The zero-order valence-electron chi connectivity index (χ0n) is 15.9. The highest BCUT2D eigenvalue weighted by Gasteiger charge is 2.25. The maximum atomic E-state index is 12.9. The van der Waals surface area contributed by atoms with Gasteiger partial charge in [-0.05, 0) is 42.7 Å². The van der Waals surface area contributed by atoms with Crippen LogP contribution in [0.4, 0.5) is 0 Å². The van der Waals surface area contributed by atoms with Crippen LogP contribution in [0.15, 0.2) is 48.5 Å². The molecule has 2 amide bonds. The van der Waals surface area contributed by atoms with E-state index in [9.17, 15) is 9.59 Å². The van der Waals surface area contributed by atoms with Crippen LogP contribution in [-0.2, 0) is 21.9 Å². The van der Waals surface area contributed by atoms with Crippen molar-refractivity contribution in [3.63, 3.8) is 0 Å². The van der Waals surface area contributed by atoms with Crippen molar-refractivity contribution >= 4 is 35.2 Å². The molecule has 1 N–H and O–H groups in total. The molecule has 6 heteroatoms. The number of halogens is 1. The smallest absolute Gasteiger partial charge is 0.242 e. The van der Waals surface area contributed by atoms with Gasteiger partial charge >= 0.3 is 0 Å². The Labute approximate surface area is 170 Å². The average Bonchev–Trinajstić information content (AvgIpc) is 2.67. The summed E-state index contributed by atoms with van der Waals surface area (Å²) in [7, 11) is 1.59.